The zero-order valence-electron chi connectivity index (χ0n) is 0.816. The Balaban J connectivity index is 0. The third-order valence-electron chi connectivity index (χ3n) is 0. The molecule has 0 radical (unpaired) electrons. The molecule has 0 saturated heterocycles. The van der Waals surface area contributed by atoms with Crippen LogP contribution in [0.1, 0.15) is 89.1 Å². The standard InChI is InChI=1S/12CH4.2ClH/h12*1H4;2*1H. The largest absolute Gasteiger partial charge is 0.147 e. The summed E-state index contributed by atoms with van der Waals surface area (Å²) in [7, 11) is 0. The van der Waals surface area contributed by atoms with Crippen LogP contribution >= 0.6 is 24.8 Å². The summed E-state index contributed by atoms with van der Waals surface area (Å²) in [6.07, 6.45) is 0. The number of rotatable bonds is 0. The maximum atomic E-state index is 0. The van der Waals surface area contributed by atoms with Gasteiger partial charge in [0, 0.05) is 0 Å². The van der Waals surface area contributed by atoms with Crippen LogP contribution in [0.4, 0.5) is 0 Å². The number of hydrogen-bond donors (Lipinski definition) is 0. The van der Waals surface area contributed by atoms with Gasteiger partial charge in [-0.1, -0.05) is 89.1 Å². The van der Waals surface area contributed by atoms with E-state index < -0.39 is 0 Å². The average molecular weight is 265 g/mol. The van der Waals surface area contributed by atoms with Crippen LogP contribution in [0, 0.1) is 0 Å². The van der Waals surface area contributed by atoms with Crippen LogP contribution in [0.15, 0.2) is 0 Å². The first-order valence-corrected chi connectivity index (χ1v) is 0. The van der Waals surface area contributed by atoms with Crippen LogP contribution in [0.3, 0.4) is 0 Å². The van der Waals surface area contributed by atoms with E-state index in [9.17, 15) is 0 Å². The molecule has 0 aliphatic carbocycles. The first-order valence-electron chi connectivity index (χ1n) is 0. The molecule has 112 valence electrons. The fourth-order valence-corrected chi connectivity index (χ4v) is 0. The molecule has 0 unspecified atom stereocenters. The molecule has 0 atom stereocenters. The lowest BCUT2D eigenvalue weighted by atomic mass is 12.0. The second kappa shape index (κ2) is 6390. The van der Waals surface area contributed by atoms with Crippen LogP contribution in [-0.2, 0) is 0 Å². The van der Waals surface area contributed by atoms with E-state index in [1.54, 1.807) is 0 Å². The van der Waals surface area contributed by atoms with Crippen LogP contribution in [0.2, 0.25) is 0 Å². The molecule has 2 heteroatoms. The van der Waals surface area contributed by atoms with Crippen molar-refractivity contribution in [1.29, 1.82) is 0 Å². The molecular weight excluding hydrogens is 215 g/mol. The summed E-state index contributed by atoms with van der Waals surface area (Å²) in [5, 5.41) is 0. The van der Waals surface area contributed by atoms with E-state index in [4.69, 9.17) is 0 Å². The van der Waals surface area contributed by atoms with Gasteiger partial charge in [-0.15, -0.1) is 24.8 Å². The summed E-state index contributed by atoms with van der Waals surface area (Å²) in [5.41, 5.74) is 0. The van der Waals surface area contributed by atoms with Crippen molar-refractivity contribution in [2.24, 2.45) is 0 Å². The Hall–Kier alpha value is 0.580. The van der Waals surface area contributed by atoms with Crippen molar-refractivity contribution >= 4 is 24.8 Å². The van der Waals surface area contributed by atoms with Gasteiger partial charge in [0.25, 0.3) is 0 Å². The van der Waals surface area contributed by atoms with Gasteiger partial charge in [-0.3, -0.25) is 0 Å². The topological polar surface area (TPSA) is 0 Å². The molecule has 0 amide bonds. The second-order valence-corrected chi connectivity index (χ2v) is 0. The first kappa shape index (κ1) is 7990. The molecule has 0 nitrogen and oxygen atoms in total. The van der Waals surface area contributed by atoms with Gasteiger partial charge < -0.3 is 0 Å². The predicted octanol–water partition coefficient (Wildman–Crippen LogP) is 8.48. The highest BCUT2D eigenvalue weighted by Gasteiger charge is -0.0663. The Bertz CT molecular complexity index is 8.28. The Morgan fingerprint density at radius 1 is 0.143 bits per heavy atom. The molecule has 14 heavy (non-hydrogen) atoms. The normalized spacial score (nSPS) is 0. The van der Waals surface area contributed by atoms with E-state index >= 15 is 0 Å². The predicted molar refractivity (Wildman–Crippen MR) is 95.3 cm³/mol. The second-order valence-electron chi connectivity index (χ2n) is 0. The number of hydrogen-bond acceptors (Lipinski definition) is 0. The zero-order valence-corrected chi connectivity index (χ0v) is 2.45. The molecule has 0 aliphatic rings. The quantitative estimate of drug-likeness (QED) is 0.412. The van der Waals surface area contributed by atoms with E-state index in [0.29, 0.717) is 0 Å². The minimum absolute atomic E-state index is 0. The molecule has 0 heterocycles. The van der Waals surface area contributed by atoms with E-state index in [0.717, 1.165) is 0 Å². The van der Waals surface area contributed by atoms with Gasteiger partial charge in [0.05, 0.1) is 0 Å². The van der Waals surface area contributed by atoms with E-state index in [1.807, 2.05) is 0 Å². The molecule has 0 rings (SSSR count). The fourth-order valence-electron chi connectivity index (χ4n) is 0. The van der Waals surface area contributed by atoms with Crippen molar-refractivity contribution in [2.75, 3.05) is 0 Å². The summed E-state index contributed by atoms with van der Waals surface area (Å²) in [6.45, 7) is 0. The zero-order chi connectivity index (χ0) is 0. The van der Waals surface area contributed by atoms with E-state index in [-0.39, 0.29) is 114 Å². The van der Waals surface area contributed by atoms with Crippen molar-refractivity contribution < 1.29 is 0 Å². The van der Waals surface area contributed by atoms with Crippen LogP contribution in [0.5, 0.6) is 0 Å². The smallest absolute Gasteiger partial charge is 0.0776 e. The van der Waals surface area contributed by atoms with E-state index in [1.165, 1.54) is 0 Å². The van der Waals surface area contributed by atoms with Gasteiger partial charge in [-0.05, 0) is 0 Å². The highest BCUT2D eigenvalue weighted by molar-refractivity contribution is 5.85. The lowest BCUT2D eigenvalue weighted by Gasteiger charge is -0.148. The molecule has 0 aromatic heterocycles. The summed E-state index contributed by atoms with van der Waals surface area (Å²) in [4.78, 5) is 0. The van der Waals surface area contributed by atoms with Crippen molar-refractivity contribution in [1.82, 2.24) is 0 Å². The van der Waals surface area contributed by atoms with Crippen LogP contribution in [0.25, 0.3) is 0 Å². The summed E-state index contributed by atoms with van der Waals surface area (Å²) in [5.74, 6) is 0. The summed E-state index contributed by atoms with van der Waals surface area (Å²) in [6, 6.07) is 0. The van der Waals surface area contributed by atoms with Gasteiger partial charge in [-0.25, -0.2) is 0 Å². The third kappa shape index (κ3) is 5010. The minimum atomic E-state index is 0. The Morgan fingerprint density at radius 2 is 0.143 bits per heavy atom. The Morgan fingerprint density at radius 3 is 0.143 bits per heavy atom. The van der Waals surface area contributed by atoms with Gasteiger partial charge in [0.2, 0.25) is 0 Å². The molecule has 0 N–H and O–H groups in total. The maximum absolute atomic E-state index is 0. The van der Waals surface area contributed by atoms with Crippen LogP contribution in [-0.4, -0.2) is 0 Å². The summed E-state index contributed by atoms with van der Waals surface area (Å²) < 4.78 is 0. The highest BCUT2D eigenvalue weighted by Crippen LogP contribution is 0.691. The van der Waals surface area contributed by atoms with Gasteiger partial charge in [0.15, 0.2) is 0 Å². The summed E-state index contributed by atoms with van der Waals surface area (Å²) >= 11 is 0. The average Bonchev–Trinajstić information content (AvgIpc) is 0. The minimum Gasteiger partial charge on any atom is -0.147 e. The molecule has 0 spiro atoms. The SMILES string of the molecule is C.C.C.C.C.C.C.C.C.C.C.C.Cl.Cl. The molecule has 0 aliphatic heterocycles. The molecular formula is C12H50Cl2. The highest BCUT2D eigenvalue weighted by atomic mass is 35.5. The fraction of sp³-hybridized carbons (Fsp3) is 1.00. The molecule has 0 aromatic rings. The van der Waals surface area contributed by atoms with E-state index in [2.05, 4.69) is 0 Å². The van der Waals surface area contributed by atoms with Crippen molar-refractivity contribution in [3.8, 4) is 0 Å². The molecule has 0 bridgehead atoms. The van der Waals surface area contributed by atoms with Gasteiger partial charge in [-0.2, -0.15) is 0 Å². The molecule has 0 aromatic carbocycles. The van der Waals surface area contributed by atoms with Crippen molar-refractivity contribution in [3.05, 3.63) is 0 Å². The van der Waals surface area contributed by atoms with Gasteiger partial charge >= 0.3 is 0 Å². The van der Waals surface area contributed by atoms with Crippen molar-refractivity contribution in [2.45, 2.75) is 89.1 Å². The lowest BCUT2D eigenvalue weighted by Crippen LogP contribution is 0.143. The van der Waals surface area contributed by atoms with Crippen LogP contribution < -0.4 is 0 Å². The molecule has 0 fully saturated rings. The van der Waals surface area contributed by atoms with Gasteiger partial charge in [0.1, 0.15) is 0 Å². The lowest BCUT2D eigenvalue weighted by molar-refractivity contribution is 2.50. The monoisotopic (exact) mass is 264 g/mol. The third-order valence-corrected chi connectivity index (χ3v) is 0. The Labute approximate surface area is 114 Å². The molecule has 0 saturated carbocycles. The number of halogens is 2. The maximum Gasteiger partial charge on any atom is -0.0776 e. The Kier molecular flexibility index (Phi) is 3650000. The first-order chi connectivity index (χ1) is 0. The van der Waals surface area contributed by atoms with Crippen molar-refractivity contribution in [3.63, 3.8) is 0 Å².